The zero-order valence-electron chi connectivity index (χ0n) is 12.4. The summed E-state index contributed by atoms with van der Waals surface area (Å²) >= 11 is 0. The highest BCUT2D eigenvalue weighted by Gasteiger charge is 2.28. The van der Waals surface area contributed by atoms with Gasteiger partial charge in [-0.15, -0.1) is 0 Å². The molecule has 0 saturated carbocycles. The molecule has 0 aliphatic carbocycles. The first-order valence-corrected chi connectivity index (χ1v) is 7.56. The second-order valence-electron chi connectivity index (χ2n) is 5.40. The Bertz CT molecular complexity index is 623. The van der Waals surface area contributed by atoms with E-state index >= 15 is 0 Å². The van der Waals surface area contributed by atoms with E-state index in [1.165, 1.54) is 0 Å². The first-order chi connectivity index (χ1) is 10.3. The summed E-state index contributed by atoms with van der Waals surface area (Å²) in [5.41, 5.74) is 1.93. The molecule has 1 aromatic carbocycles. The zero-order chi connectivity index (χ0) is 14.7. The van der Waals surface area contributed by atoms with Crippen molar-refractivity contribution in [1.82, 2.24) is 14.5 Å². The molecule has 0 N–H and O–H groups in total. The topological polar surface area (TPSA) is 47.4 Å². The second kappa shape index (κ2) is 6.26. The maximum Gasteiger partial charge on any atom is 0.242 e. The molecule has 5 nitrogen and oxygen atoms in total. The minimum atomic E-state index is 0.153. The number of amides is 1. The predicted octanol–water partition coefficient (Wildman–Crippen LogP) is 2.06. The van der Waals surface area contributed by atoms with Gasteiger partial charge in [-0.2, -0.15) is 0 Å². The lowest BCUT2D eigenvalue weighted by atomic mass is 10.2. The number of benzene rings is 1. The van der Waals surface area contributed by atoms with Crippen molar-refractivity contribution in [3.63, 3.8) is 0 Å². The van der Waals surface area contributed by atoms with Gasteiger partial charge in [-0.3, -0.25) is 4.79 Å². The van der Waals surface area contributed by atoms with Crippen LogP contribution < -0.4 is 0 Å². The Kier molecular flexibility index (Phi) is 4.20. The number of imidazole rings is 1. The van der Waals surface area contributed by atoms with E-state index < -0.39 is 0 Å². The minimum absolute atomic E-state index is 0.153. The minimum Gasteiger partial charge on any atom is -0.380 e. The zero-order valence-corrected chi connectivity index (χ0v) is 12.4. The fraction of sp³-hybridized carbons (Fsp3) is 0.500. The van der Waals surface area contributed by atoms with Crippen molar-refractivity contribution >= 4 is 16.9 Å². The van der Waals surface area contributed by atoms with Crippen molar-refractivity contribution in [2.75, 3.05) is 19.8 Å². The Morgan fingerprint density at radius 2 is 2.29 bits per heavy atom. The SMILES string of the molecule is CCOC[C@H]1CCCN1C(=O)Cn1cnc2ccccc21. The van der Waals surface area contributed by atoms with E-state index in [2.05, 4.69) is 4.98 Å². The molecule has 1 aliphatic heterocycles. The lowest BCUT2D eigenvalue weighted by molar-refractivity contribution is -0.133. The van der Waals surface area contributed by atoms with Gasteiger partial charge in [0, 0.05) is 13.2 Å². The lowest BCUT2D eigenvalue weighted by Gasteiger charge is -2.24. The van der Waals surface area contributed by atoms with E-state index in [0.717, 1.165) is 30.4 Å². The van der Waals surface area contributed by atoms with Crippen LogP contribution in [0.25, 0.3) is 11.0 Å². The Morgan fingerprint density at radius 3 is 3.14 bits per heavy atom. The van der Waals surface area contributed by atoms with Crippen molar-refractivity contribution in [3.8, 4) is 0 Å². The highest BCUT2D eigenvalue weighted by Crippen LogP contribution is 2.19. The summed E-state index contributed by atoms with van der Waals surface area (Å²) in [6, 6.07) is 8.12. The van der Waals surface area contributed by atoms with Crippen LogP contribution in [0.4, 0.5) is 0 Å². The smallest absolute Gasteiger partial charge is 0.242 e. The normalized spacial score (nSPS) is 18.5. The number of aromatic nitrogens is 2. The van der Waals surface area contributed by atoms with Crippen molar-refractivity contribution < 1.29 is 9.53 Å². The van der Waals surface area contributed by atoms with Crippen molar-refractivity contribution in [1.29, 1.82) is 0 Å². The summed E-state index contributed by atoms with van der Waals surface area (Å²) in [6.45, 7) is 4.52. The van der Waals surface area contributed by atoms with Crippen LogP contribution in [-0.4, -0.2) is 46.2 Å². The number of ether oxygens (including phenoxy) is 1. The van der Waals surface area contributed by atoms with Gasteiger partial charge in [-0.05, 0) is 31.9 Å². The molecule has 1 saturated heterocycles. The Hall–Kier alpha value is -1.88. The van der Waals surface area contributed by atoms with Crippen molar-refractivity contribution in [2.45, 2.75) is 32.4 Å². The fourth-order valence-corrected chi connectivity index (χ4v) is 2.96. The third-order valence-electron chi connectivity index (χ3n) is 4.04. The fourth-order valence-electron chi connectivity index (χ4n) is 2.96. The van der Waals surface area contributed by atoms with Crippen LogP contribution in [0.3, 0.4) is 0 Å². The number of carbonyl (C=O) groups excluding carboxylic acids is 1. The number of rotatable bonds is 5. The summed E-state index contributed by atoms with van der Waals surface area (Å²) in [4.78, 5) is 18.8. The van der Waals surface area contributed by atoms with Gasteiger partial charge in [0.25, 0.3) is 0 Å². The molecule has 1 aromatic heterocycles. The van der Waals surface area contributed by atoms with Gasteiger partial charge in [0.05, 0.1) is 30.0 Å². The summed E-state index contributed by atoms with van der Waals surface area (Å²) in [5, 5.41) is 0. The first-order valence-electron chi connectivity index (χ1n) is 7.56. The van der Waals surface area contributed by atoms with Crippen LogP contribution in [0.15, 0.2) is 30.6 Å². The standard InChI is InChI=1S/C16H21N3O2/c1-2-21-11-13-6-5-9-19(13)16(20)10-18-12-17-14-7-3-4-8-15(14)18/h3-4,7-8,12-13H,2,5-6,9-11H2,1H3/t13-/m1/s1. The molecule has 5 heteroatoms. The average Bonchev–Trinajstić information content (AvgIpc) is 3.12. The average molecular weight is 287 g/mol. The molecule has 2 heterocycles. The van der Waals surface area contributed by atoms with Crippen LogP contribution in [-0.2, 0) is 16.1 Å². The van der Waals surface area contributed by atoms with E-state index in [9.17, 15) is 4.79 Å². The van der Waals surface area contributed by atoms with Gasteiger partial charge >= 0.3 is 0 Å². The summed E-state index contributed by atoms with van der Waals surface area (Å²) in [6.07, 6.45) is 3.85. The van der Waals surface area contributed by atoms with Crippen LogP contribution in [0.1, 0.15) is 19.8 Å². The summed E-state index contributed by atoms with van der Waals surface area (Å²) in [5.74, 6) is 0.153. The van der Waals surface area contributed by atoms with Gasteiger partial charge < -0.3 is 14.2 Å². The van der Waals surface area contributed by atoms with Gasteiger partial charge in [0.1, 0.15) is 6.54 Å². The van der Waals surface area contributed by atoms with Crippen LogP contribution in [0, 0.1) is 0 Å². The Balaban J connectivity index is 1.71. The van der Waals surface area contributed by atoms with Gasteiger partial charge in [-0.1, -0.05) is 12.1 Å². The molecule has 21 heavy (non-hydrogen) atoms. The molecule has 0 unspecified atom stereocenters. The highest BCUT2D eigenvalue weighted by atomic mass is 16.5. The molecule has 1 amide bonds. The lowest BCUT2D eigenvalue weighted by Crippen LogP contribution is -2.40. The molecule has 1 fully saturated rings. The molecule has 112 valence electrons. The molecular weight excluding hydrogens is 266 g/mol. The molecule has 0 spiro atoms. The Labute approximate surface area is 124 Å². The van der Waals surface area contributed by atoms with E-state index in [1.54, 1.807) is 6.33 Å². The Morgan fingerprint density at radius 1 is 1.43 bits per heavy atom. The predicted molar refractivity (Wildman–Crippen MR) is 81.0 cm³/mol. The van der Waals surface area contributed by atoms with Gasteiger partial charge in [-0.25, -0.2) is 4.98 Å². The van der Waals surface area contributed by atoms with Crippen LogP contribution >= 0.6 is 0 Å². The maximum atomic E-state index is 12.6. The number of likely N-dealkylation sites (tertiary alicyclic amines) is 1. The molecule has 0 radical (unpaired) electrons. The highest BCUT2D eigenvalue weighted by molar-refractivity contribution is 5.80. The quantitative estimate of drug-likeness (QED) is 0.845. The number of hydrogen-bond donors (Lipinski definition) is 0. The van der Waals surface area contributed by atoms with E-state index in [-0.39, 0.29) is 11.9 Å². The molecule has 1 atom stereocenters. The molecular formula is C16H21N3O2. The molecule has 3 rings (SSSR count). The summed E-state index contributed by atoms with van der Waals surface area (Å²) in [7, 11) is 0. The van der Waals surface area contributed by atoms with Gasteiger partial charge in [0.15, 0.2) is 0 Å². The number of fused-ring (bicyclic) bond motifs is 1. The summed E-state index contributed by atoms with van der Waals surface area (Å²) < 4.78 is 7.41. The first kappa shape index (κ1) is 14.1. The van der Waals surface area contributed by atoms with Crippen LogP contribution in [0.2, 0.25) is 0 Å². The maximum absolute atomic E-state index is 12.6. The van der Waals surface area contributed by atoms with E-state index in [0.29, 0.717) is 19.8 Å². The van der Waals surface area contributed by atoms with E-state index in [4.69, 9.17) is 4.74 Å². The molecule has 1 aliphatic rings. The molecule has 2 aromatic rings. The van der Waals surface area contributed by atoms with Gasteiger partial charge in [0.2, 0.25) is 5.91 Å². The number of hydrogen-bond acceptors (Lipinski definition) is 3. The second-order valence-corrected chi connectivity index (χ2v) is 5.40. The monoisotopic (exact) mass is 287 g/mol. The van der Waals surface area contributed by atoms with E-state index in [1.807, 2.05) is 40.7 Å². The van der Waals surface area contributed by atoms with Crippen LogP contribution in [0.5, 0.6) is 0 Å². The number of nitrogens with zero attached hydrogens (tertiary/aromatic N) is 3. The third kappa shape index (κ3) is 2.93. The van der Waals surface area contributed by atoms with Crippen molar-refractivity contribution in [3.05, 3.63) is 30.6 Å². The number of carbonyl (C=O) groups is 1. The molecule has 0 bridgehead atoms. The van der Waals surface area contributed by atoms with Crippen molar-refractivity contribution in [2.24, 2.45) is 0 Å². The number of para-hydroxylation sites is 2. The third-order valence-corrected chi connectivity index (χ3v) is 4.04. The largest absolute Gasteiger partial charge is 0.380 e.